The number of halogens is 3. The van der Waals surface area contributed by atoms with Gasteiger partial charge in [-0.05, 0) is 69.8 Å². The fourth-order valence-corrected chi connectivity index (χ4v) is 4.32. The largest absolute Gasteiger partial charge is 0.416 e. The molecule has 2 aromatic carbocycles. The molecule has 38 heavy (non-hydrogen) atoms. The van der Waals surface area contributed by atoms with E-state index in [9.17, 15) is 18.0 Å². The van der Waals surface area contributed by atoms with Crippen LogP contribution in [-0.2, 0) is 6.18 Å². The Kier molecular flexibility index (Phi) is 7.88. The minimum Gasteiger partial charge on any atom is -0.368 e. The van der Waals surface area contributed by atoms with Crippen molar-refractivity contribution < 1.29 is 18.0 Å². The van der Waals surface area contributed by atoms with E-state index in [1.165, 1.54) is 18.5 Å². The summed E-state index contributed by atoms with van der Waals surface area (Å²) in [5, 5.41) is 2.73. The maximum absolute atomic E-state index is 13.6. The van der Waals surface area contributed by atoms with Crippen LogP contribution < -0.4 is 16.0 Å². The number of alkyl halides is 3. The van der Waals surface area contributed by atoms with Crippen molar-refractivity contribution in [3.63, 3.8) is 0 Å². The van der Waals surface area contributed by atoms with Crippen LogP contribution in [0.3, 0.4) is 0 Å². The second-order valence-corrected chi connectivity index (χ2v) is 9.50. The first-order chi connectivity index (χ1) is 18.0. The van der Waals surface area contributed by atoms with Gasteiger partial charge in [-0.3, -0.25) is 4.79 Å². The van der Waals surface area contributed by atoms with Gasteiger partial charge in [-0.25, -0.2) is 9.97 Å². The summed E-state index contributed by atoms with van der Waals surface area (Å²) in [6.07, 6.45) is 0.359. The third-order valence-corrected chi connectivity index (χ3v) is 6.55. The highest BCUT2D eigenvalue weighted by Crippen LogP contribution is 2.37. The Morgan fingerprint density at radius 1 is 1.13 bits per heavy atom. The molecule has 1 aliphatic rings. The zero-order chi connectivity index (χ0) is 27.4. The summed E-state index contributed by atoms with van der Waals surface area (Å²) in [7, 11) is 3.98. The lowest BCUT2D eigenvalue weighted by molar-refractivity contribution is -0.137. The van der Waals surface area contributed by atoms with Crippen molar-refractivity contribution in [1.82, 2.24) is 14.9 Å². The number of aromatic nitrogens is 2. The number of amides is 1. The van der Waals surface area contributed by atoms with Crippen molar-refractivity contribution in [1.29, 1.82) is 0 Å². The maximum Gasteiger partial charge on any atom is 0.416 e. The monoisotopic (exact) mass is 522 g/mol. The normalized spacial score (nSPS) is 15.7. The van der Waals surface area contributed by atoms with Crippen molar-refractivity contribution in [3.8, 4) is 11.8 Å². The number of piperidine rings is 1. The van der Waals surface area contributed by atoms with E-state index in [1.54, 1.807) is 18.2 Å². The van der Waals surface area contributed by atoms with Gasteiger partial charge in [0.2, 0.25) is 5.95 Å². The van der Waals surface area contributed by atoms with Gasteiger partial charge in [0.1, 0.15) is 0 Å². The number of hydrogen-bond donors (Lipinski definition) is 2. The van der Waals surface area contributed by atoms with Crippen molar-refractivity contribution in [2.45, 2.75) is 32.0 Å². The molecule has 7 nitrogen and oxygen atoms in total. The fourth-order valence-electron chi connectivity index (χ4n) is 4.32. The molecule has 4 rings (SSSR count). The third-order valence-electron chi connectivity index (χ3n) is 6.55. The summed E-state index contributed by atoms with van der Waals surface area (Å²) < 4.78 is 40.7. The zero-order valence-electron chi connectivity index (χ0n) is 21.4. The van der Waals surface area contributed by atoms with E-state index < -0.39 is 17.6 Å². The van der Waals surface area contributed by atoms with Gasteiger partial charge in [-0.15, -0.1) is 0 Å². The standard InChI is InChI=1S/C28H29F3N6O/c1-18-6-8-21(13-20(18)9-7-19-15-33-27(32)34-16-19)26(38)35-24-14-22(28(29,30)31)10-11-25(24)37-12-4-5-23(17-37)36(2)3/h6,8,10-11,13-16,23H,4-5,12,17H2,1-3H3,(H,35,38)(H2,32,33,34). The minimum atomic E-state index is -4.54. The Labute approximate surface area is 219 Å². The number of carbonyl (C=O) groups excluding carboxylic acids is 1. The van der Waals surface area contributed by atoms with Crippen LogP contribution in [0.4, 0.5) is 30.5 Å². The number of nitrogen functional groups attached to an aromatic ring is 1. The van der Waals surface area contributed by atoms with Gasteiger partial charge in [0.25, 0.3) is 5.91 Å². The summed E-state index contributed by atoms with van der Waals surface area (Å²) in [5.74, 6) is 5.56. The van der Waals surface area contributed by atoms with Gasteiger partial charge in [-0.2, -0.15) is 13.2 Å². The second-order valence-electron chi connectivity index (χ2n) is 9.50. The molecule has 1 atom stereocenters. The molecule has 1 aromatic heterocycles. The van der Waals surface area contributed by atoms with Crippen LogP contribution in [0.15, 0.2) is 48.8 Å². The average molecular weight is 523 g/mol. The number of aryl methyl sites for hydroxylation is 1. The van der Waals surface area contributed by atoms with Crippen LogP contribution >= 0.6 is 0 Å². The van der Waals surface area contributed by atoms with E-state index in [0.29, 0.717) is 29.9 Å². The molecule has 0 aliphatic carbocycles. The van der Waals surface area contributed by atoms with Crippen LogP contribution in [-0.4, -0.2) is 54.0 Å². The zero-order valence-corrected chi connectivity index (χ0v) is 21.4. The molecule has 0 bridgehead atoms. The smallest absolute Gasteiger partial charge is 0.368 e. The Hall–Kier alpha value is -4.10. The topological polar surface area (TPSA) is 87.4 Å². The molecule has 0 saturated carbocycles. The first kappa shape index (κ1) is 26.9. The number of carbonyl (C=O) groups is 1. The molecule has 1 unspecified atom stereocenters. The number of hydrogen-bond acceptors (Lipinski definition) is 6. The van der Waals surface area contributed by atoms with Crippen molar-refractivity contribution in [2.24, 2.45) is 0 Å². The molecule has 3 N–H and O–H groups in total. The molecule has 3 aromatic rings. The van der Waals surface area contributed by atoms with Crippen LogP contribution in [0.2, 0.25) is 0 Å². The minimum absolute atomic E-state index is 0.122. The number of anilines is 3. The van der Waals surface area contributed by atoms with Crippen molar-refractivity contribution in [2.75, 3.05) is 43.1 Å². The van der Waals surface area contributed by atoms with E-state index >= 15 is 0 Å². The molecule has 0 radical (unpaired) electrons. The summed E-state index contributed by atoms with van der Waals surface area (Å²) in [6, 6.07) is 8.76. The van der Waals surface area contributed by atoms with E-state index in [0.717, 1.165) is 30.5 Å². The van der Waals surface area contributed by atoms with Crippen LogP contribution in [0.25, 0.3) is 0 Å². The average Bonchev–Trinajstić information content (AvgIpc) is 2.88. The number of nitrogens with two attached hydrogens (primary N) is 1. The number of nitrogens with one attached hydrogen (secondary N) is 1. The first-order valence-electron chi connectivity index (χ1n) is 12.2. The first-order valence-corrected chi connectivity index (χ1v) is 12.2. The van der Waals surface area contributed by atoms with Gasteiger partial charge in [0, 0.05) is 42.7 Å². The Balaban J connectivity index is 1.64. The molecular formula is C28H29F3N6O. The molecule has 1 fully saturated rings. The highest BCUT2D eigenvalue weighted by molar-refractivity contribution is 6.06. The van der Waals surface area contributed by atoms with Gasteiger partial charge >= 0.3 is 6.18 Å². The predicted molar refractivity (Wildman–Crippen MR) is 142 cm³/mol. The van der Waals surface area contributed by atoms with E-state index in [4.69, 9.17) is 5.73 Å². The predicted octanol–water partition coefficient (Wildman–Crippen LogP) is 4.57. The highest BCUT2D eigenvalue weighted by atomic mass is 19.4. The number of rotatable bonds is 4. The lowest BCUT2D eigenvalue weighted by atomic mass is 10.0. The van der Waals surface area contributed by atoms with E-state index in [-0.39, 0.29) is 23.2 Å². The maximum atomic E-state index is 13.6. The summed E-state index contributed by atoms with van der Waals surface area (Å²) >= 11 is 0. The van der Waals surface area contributed by atoms with E-state index in [2.05, 4.69) is 32.0 Å². The molecular weight excluding hydrogens is 493 g/mol. The SMILES string of the molecule is Cc1ccc(C(=O)Nc2cc(C(F)(F)F)ccc2N2CCCC(N(C)C)C2)cc1C#Cc1cnc(N)nc1. The summed E-state index contributed by atoms with van der Waals surface area (Å²) in [4.78, 5) is 25.2. The molecule has 1 saturated heterocycles. The molecule has 0 spiro atoms. The van der Waals surface area contributed by atoms with Gasteiger partial charge in [0.15, 0.2) is 0 Å². The lowest BCUT2D eigenvalue weighted by Crippen LogP contribution is -2.45. The van der Waals surface area contributed by atoms with Crippen LogP contribution in [0, 0.1) is 18.8 Å². The summed E-state index contributed by atoms with van der Waals surface area (Å²) in [5.41, 5.74) is 7.64. The number of nitrogens with zero attached hydrogens (tertiary/aromatic N) is 4. The number of benzene rings is 2. The second kappa shape index (κ2) is 11.1. The van der Waals surface area contributed by atoms with Gasteiger partial charge in [-0.1, -0.05) is 17.9 Å². The lowest BCUT2D eigenvalue weighted by Gasteiger charge is -2.38. The van der Waals surface area contributed by atoms with Gasteiger partial charge in [0.05, 0.1) is 22.5 Å². The highest BCUT2D eigenvalue weighted by Gasteiger charge is 2.32. The Morgan fingerprint density at radius 3 is 2.55 bits per heavy atom. The molecule has 1 amide bonds. The fraction of sp³-hybridized carbons (Fsp3) is 0.321. The molecule has 10 heteroatoms. The van der Waals surface area contributed by atoms with Gasteiger partial charge < -0.3 is 20.9 Å². The van der Waals surface area contributed by atoms with Crippen molar-refractivity contribution >= 4 is 23.2 Å². The number of likely N-dealkylation sites (N-methyl/N-ethyl adjacent to an activating group) is 1. The van der Waals surface area contributed by atoms with Crippen LogP contribution in [0.5, 0.6) is 0 Å². The van der Waals surface area contributed by atoms with Crippen LogP contribution in [0.1, 0.15) is 45.5 Å². The molecule has 2 heterocycles. The molecule has 198 valence electrons. The van der Waals surface area contributed by atoms with Crippen molar-refractivity contribution in [3.05, 3.63) is 76.6 Å². The summed E-state index contributed by atoms with van der Waals surface area (Å²) in [6.45, 7) is 3.20. The van der Waals surface area contributed by atoms with E-state index in [1.807, 2.05) is 25.9 Å². The Morgan fingerprint density at radius 2 is 1.87 bits per heavy atom. The quantitative estimate of drug-likeness (QED) is 0.489. The third kappa shape index (κ3) is 6.42. The molecule has 1 aliphatic heterocycles. The Bertz CT molecular complexity index is 1380.